The van der Waals surface area contributed by atoms with Gasteiger partial charge in [0.05, 0.1) is 6.07 Å². The lowest BCUT2D eigenvalue weighted by Crippen LogP contribution is -2.36. The van der Waals surface area contributed by atoms with Gasteiger partial charge in [-0.3, -0.25) is 13.9 Å². The van der Waals surface area contributed by atoms with E-state index in [0.29, 0.717) is 15.8 Å². The monoisotopic (exact) mass is 300 g/mol. The fourth-order valence-electron chi connectivity index (χ4n) is 1.52. The lowest BCUT2D eigenvalue weighted by molar-refractivity contribution is 0.423. The van der Waals surface area contributed by atoms with E-state index in [9.17, 15) is 9.59 Å². The Morgan fingerprint density at radius 2 is 1.53 bits per heavy atom. The third-order valence-electron chi connectivity index (χ3n) is 2.54. The highest BCUT2D eigenvalue weighted by molar-refractivity contribution is 6.34. The number of nitrogens with zero attached hydrogens (tertiary/aromatic N) is 2. The molecule has 0 bridgehead atoms. The van der Waals surface area contributed by atoms with Crippen LogP contribution in [0.4, 0.5) is 0 Å². The van der Waals surface area contributed by atoms with Crippen molar-refractivity contribution in [2.24, 2.45) is 14.1 Å². The first-order valence-corrected chi connectivity index (χ1v) is 6.05. The number of halogens is 2. The van der Waals surface area contributed by atoms with Gasteiger partial charge in [-0.2, -0.15) is 0 Å². The molecule has 2 aromatic rings. The predicted octanol–water partition coefficient (Wildman–Crippen LogP) is 2.18. The lowest BCUT2D eigenvalue weighted by Gasteiger charge is -2.11. The van der Waals surface area contributed by atoms with Gasteiger partial charge in [-0.25, -0.2) is 4.79 Å². The van der Waals surface area contributed by atoms with Crippen molar-refractivity contribution in [1.82, 2.24) is 9.13 Å². The standard InChI is InChI=1S/C12H10Cl2N2O3/c1-15-10(17)6-11(16(2)12(15)18)19-9-4-7(13)3-8(14)5-9/h3-6H,1-2H3. The zero-order chi connectivity index (χ0) is 14.2. The zero-order valence-electron chi connectivity index (χ0n) is 10.2. The fraction of sp³-hybridized carbons (Fsp3) is 0.167. The van der Waals surface area contributed by atoms with Crippen LogP contribution >= 0.6 is 23.2 Å². The molecule has 0 aliphatic rings. The summed E-state index contributed by atoms with van der Waals surface area (Å²) in [6.07, 6.45) is 0. The summed E-state index contributed by atoms with van der Waals surface area (Å²) in [5.41, 5.74) is -0.929. The van der Waals surface area contributed by atoms with E-state index in [1.807, 2.05) is 0 Å². The minimum Gasteiger partial charge on any atom is -0.440 e. The van der Waals surface area contributed by atoms with Crippen molar-refractivity contribution in [2.75, 3.05) is 0 Å². The van der Waals surface area contributed by atoms with Crippen molar-refractivity contribution in [3.05, 3.63) is 55.1 Å². The van der Waals surface area contributed by atoms with Crippen LogP contribution in [0, 0.1) is 0 Å². The molecule has 0 unspecified atom stereocenters. The van der Waals surface area contributed by atoms with Crippen molar-refractivity contribution in [1.29, 1.82) is 0 Å². The van der Waals surface area contributed by atoms with Crippen LogP contribution in [0.15, 0.2) is 33.9 Å². The van der Waals surface area contributed by atoms with Crippen molar-refractivity contribution in [3.63, 3.8) is 0 Å². The Kier molecular flexibility index (Phi) is 3.68. The number of hydrogen-bond donors (Lipinski definition) is 0. The minimum atomic E-state index is -0.476. The largest absolute Gasteiger partial charge is 0.440 e. The molecule has 0 amide bonds. The van der Waals surface area contributed by atoms with Crippen molar-refractivity contribution >= 4 is 23.2 Å². The summed E-state index contributed by atoms with van der Waals surface area (Å²) in [5.74, 6) is 0.465. The van der Waals surface area contributed by atoms with Crippen LogP contribution in [0.1, 0.15) is 0 Å². The van der Waals surface area contributed by atoms with Crippen LogP contribution in [0.2, 0.25) is 10.0 Å². The summed E-state index contributed by atoms with van der Waals surface area (Å²) in [7, 11) is 2.90. The summed E-state index contributed by atoms with van der Waals surface area (Å²) in [6.45, 7) is 0. The number of hydrogen-bond acceptors (Lipinski definition) is 3. The maximum Gasteiger partial charge on any atom is 0.333 e. The van der Waals surface area contributed by atoms with Crippen LogP contribution in [0.3, 0.4) is 0 Å². The molecule has 1 heterocycles. The van der Waals surface area contributed by atoms with E-state index in [2.05, 4.69) is 0 Å². The molecule has 0 saturated heterocycles. The quantitative estimate of drug-likeness (QED) is 0.854. The van der Waals surface area contributed by atoms with Crippen molar-refractivity contribution < 1.29 is 4.74 Å². The molecule has 0 fully saturated rings. The van der Waals surface area contributed by atoms with E-state index in [4.69, 9.17) is 27.9 Å². The van der Waals surface area contributed by atoms with Crippen LogP contribution in [-0.2, 0) is 14.1 Å². The second kappa shape index (κ2) is 5.11. The van der Waals surface area contributed by atoms with E-state index in [-0.39, 0.29) is 5.88 Å². The molecule has 100 valence electrons. The summed E-state index contributed by atoms with van der Waals surface area (Å²) in [6, 6.07) is 5.85. The molecule has 7 heteroatoms. The van der Waals surface area contributed by atoms with Gasteiger partial charge in [0.25, 0.3) is 5.56 Å². The summed E-state index contributed by atoms with van der Waals surface area (Å²) >= 11 is 11.7. The maximum absolute atomic E-state index is 11.7. The van der Waals surface area contributed by atoms with Crippen molar-refractivity contribution in [3.8, 4) is 11.6 Å². The molecule has 0 atom stereocenters. The second-order valence-electron chi connectivity index (χ2n) is 3.93. The van der Waals surface area contributed by atoms with Crippen LogP contribution in [0.5, 0.6) is 11.6 Å². The fourth-order valence-corrected chi connectivity index (χ4v) is 2.02. The van der Waals surface area contributed by atoms with Gasteiger partial charge in [-0.1, -0.05) is 23.2 Å². The van der Waals surface area contributed by atoms with Gasteiger partial charge in [0.15, 0.2) is 0 Å². The van der Waals surface area contributed by atoms with Gasteiger partial charge >= 0.3 is 5.69 Å². The summed E-state index contributed by atoms with van der Waals surface area (Å²) < 4.78 is 7.67. The van der Waals surface area contributed by atoms with Gasteiger partial charge in [0.1, 0.15) is 5.75 Å². The van der Waals surface area contributed by atoms with Gasteiger partial charge in [-0.05, 0) is 18.2 Å². The highest BCUT2D eigenvalue weighted by Crippen LogP contribution is 2.27. The molecule has 5 nitrogen and oxygen atoms in total. The van der Waals surface area contributed by atoms with E-state index >= 15 is 0 Å². The first-order valence-electron chi connectivity index (χ1n) is 5.29. The normalized spacial score (nSPS) is 10.5. The maximum atomic E-state index is 11.7. The number of rotatable bonds is 2. The molecular weight excluding hydrogens is 291 g/mol. The first-order chi connectivity index (χ1) is 8.88. The molecule has 0 spiro atoms. The van der Waals surface area contributed by atoms with Gasteiger partial charge in [-0.15, -0.1) is 0 Å². The molecule has 0 aliphatic heterocycles. The molecular formula is C12H10Cl2N2O3. The zero-order valence-corrected chi connectivity index (χ0v) is 11.7. The summed E-state index contributed by atoms with van der Waals surface area (Å²) in [5, 5.41) is 0.799. The highest BCUT2D eigenvalue weighted by atomic mass is 35.5. The number of ether oxygens (including phenoxy) is 1. The number of benzene rings is 1. The highest BCUT2D eigenvalue weighted by Gasteiger charge is 2.08. The number of aromatic nitrogens is 2. The lowest BCUT2D eigenvalue weighted by atomic mass is 10.3. The second-order valence-corrected chi connectivity index (χ2v) is 4.80. The molecule has 1 aromatic heterocycles. The molecule has 1 aromatic carbocycles. The molecule has 0 aliphatic carbocycles. The van der Waals surface area contributed by atoms with E-state index < -0.39 is 11.2 Å². The van der Waals surface area contributed by atoms with Crippen molar-refractivity contribution in [2.45, 2.75) is 0 Å². The van der Waals surface area contributed by atoms with Gasteiger partial charge in [0, 0.05) is 24.1 Å². The van der Waals surface area contributed by atoms with Gasteiger partial charge in [0.2, 0.25) is 5.88 Å². The first kappa shape index (κ1) is 13.7. The third kappa shape index (κ3) is 2.83. The average Bonchev–Trinajstić information content (AvgIpc) is 2.32. The van der Waals surface area contributed by atoms with E-state index in [1.165, 1.54) is 36.9 Å². The predicted molar refractivity (Wildman–Crippen MR) is 73.5 cm³/mol. The topological polar surface area (TPSA) is 53.2 Å². The SMILES string of the molecule is Cn1c(Oc2cc(Cl)cc(Cl)c2)cc(=O)n(C)c1=O. The summed E-state index contributed by atoms with van der Waals surface area (Å²) in [4.78, 5) is 23.3. The van der Waals surface area contributed by atoms with Crippen LogP contribution in [0.25, 0.3) is 0 Å². The third-order valence-corrected chi connectivity index (χ3v) is 2.98. The molecule has 2 rings (SSSR count). The van der Waals surface area contributed by atoms with Crippen LogP contribution < -0.4 is 16.0 Å². The Labute approximate surface area is 118 Å². The Bertz CT molecular complexity index is 729. The Hall–Kier alpha value is -1.72. The van der Waals surface area contributed by atoms with Crippen LogP contribution in [-0.4, -0.2) is 9.13 Å². The smallest absolute Gasteiger partial charge is 0.333 e. The van der Waals surface area contributed by atoms with E-state index in [1.54, 1.807) is 6.07 Å². The Balaban J connectivity index is 2.50. The van der Waals surface area contributed by atoms with E-state index in [0.717, 1.165) is 4.57 Å². The molecule has 19 heavy (non-hydrogen) atoms. The Morgan fingerprint density at radius 1 is 0.947 bits per heavy atom. The van der Waals surface area contributed by atoms with Gasteiger partial charge < -0.3 is 4.74 Å². The Morgan fingerprint density at radius 3 is 2.11 bits per heavy atom. The molecule has 0 N–H and O–H groups in total. The minimum absolute atomic E-state index is 0.117. The molecule has 0 saturated carbocycles. The molecule has 0 radical (unpaired) electrons. The average molecular weight is 301 g/mol.